The molecule has 2 N–H and O–H groups in total. The van der Waals surface area contributed by atoms with Crippen molar-refractivity contribution < 1.29 is 10.0 Å². The highest BCUT2D eigenvalue weighted by molar-refractivity contribution is 5.76. The summed E-state index contributed by atoms with van der Waals surface area (Å²) in [5.41, 5.74) is 3.06. The van der Waals surface area contributed by atoms with Gasteiger partial charge in [0.2, 0.25) is 0 Å². The number of carbonyl (C=O) groups excluding carboxylic acids is 1. The fourth-order valence-corrected chi connectivity index (χ4v) is 2.30. The second-order valence-electron chi connectivity index (χ2n) is 5.61. The Morgan fingerprint density at radius 2 is 1.95 bits per heavy atom. The van der Waals surface area contributed by atoms with Crippen molar-refractivity contribution in [2.24, 2.45) is 5.92 Å². The van der Waals surface area contributed by atoms with E-state index in [0.717, 1.165) is 32.4 Å². The number of hydrogen-bond acceptors (Lipinski definition) is 3. The van der Waals surface area contributed by atoms with Crippen molar-refractivity contribution in [1.29, 1.82) is 0 Å². The molecule has 20 heavy (non-hydrogen) atoms. The summed E-state index contributed by atoms with van der Waals surface area (Å²) in [4.78, 5) is 13.4. The lowest BCUT2D eigenvalue weighted by atomic mass is 10.1. The van der Waals surface area contributed by atoms with Gasteiger partial charge in [0.05, 0.1) is 6.54 Å². The lowest BCUT2D eigenvalue weighted by Crippen LogP contribution is -2.38. The van der Waals surface area contributed by atoms with E-state index in [-0.39, 0.29) is 12.5 Å². The van der Waals surface area contributed by atoms with Crippen molar-refractivity contribution in [3.8, 4) is 0 Å². The smallest absolute Gasteiger partial charge is 0.257 e. The fraction of sp³-hybridized carbons (Fsp3) is 0.562. The van der Waals surface area contributed by atoms with E-state index in [0.29, 0.717) is 5.92 Å². The summed E-state index contributed by atoms with van der Waals surface area (Å²) in [5.74, 6) is 0.171. The average Bonchev–Trinajstić information content (AvgIpc) is 2.43. The summed E-state index contributed by atoms with van der Waals surface area (Å²) in [6.07, 6.45) is 3.24. The number of aryl methyl sites for hydroxylation is 1. The highest BCUT2D eigenvalue weighted by atomic mass is 16.5. The van der Waals surface area contributed by atoms with Crippen LogP contribution in [0.15, 0.2) is 30.3 Å². The molecule has 1 aromatic rings. The van der Waals surface area contributed by atoms with Gasteiger partial charge in [-0.3, -0.25) is 14.9 Å². The molecule has 0 atom stereocenters. The molecular weight excluding hydrogens is 252 g/mol. The van der Waals surface area contributed by atoms with Crippen molar-refractivity contribution in [2.45, 2.75) is 33.1 Å². The first-order valence-corrected chi connectivity index (χ1v) is 7.31. The minimum atomic E-state index is -0.339. The molecule has 1 aromatic carbocycles. The predicted octanol–water partition coefficient (Wildman–Crippen LogP) is 2.47. The van der Waals surface area contributed by atoms with E-state index in [1.807, 2.05) is 6.07 Å². The van der Waals surface area contributed by atoms with Crippen molar-refractivity contribution in [3.05, 3.63) is 35.9 Å². The van der Waals surface area contributed by atoms with Gasteiger partial charge < -0.3 is 0 Å². The van der Waals surface area contributed by atoms with Gasteiger partial charge in [0.15, 0.2) is 0 Å². The molecule has 0 aliphatic carbocycles. The molecular formula is C16H26N2O2. The zero-order valence-electron chi connectivity index (χ0n) is 12.5. The van der Waals surface area contributed by atoms with Gasteiger partial charge in [-0.15, -0.1) is 0 Å². The van der Waals surface area contributed by atoms with Crippen molar-refractivity contribution in [2.75, 3.05) is 19.6 Å². The summed E-state index contributed by atoms with van der Waals surface area (Å²) in [6.45, 7) is 6.29. The van der Waals surface area contributed by atoms with Crippen LogP contribution >= 0.6 is 0 Å². The molecule has 0 spiro atoms. The Hall–Kier alpha value is -1.39. The summed E-state index contributed by atoms with van der Waals surface area (Å²) >= 11 is 0. The quantitative estimate of drug-likeness (QED) is 0.414. The molecule has 0 aliphatic rings. The molecule has 1 rings (SSSR count). The Balaban J connectivity index is 2.28. The van der Waals surface area contributed by atoms with Gasteiger partial charge in [0.25, 0.3) is 5.91 Å². The number of unbranched alkanes of at least 4 members (excludes halogenated alkanes) is 1. The van der Waals surface area contributed by atoms with E-state index in [9.17, 15) is 4.79 Å². The minimum Gasteiger partial charge on any atom is -0.294 e. The molecule has 4 nitrogen and oxygen atoms in total. The zero-order valence-corrected chi connectivity index (χ0v) is 12.5. The average molecular weight is 278 g/mol. The molecule has 0 heterocycles. The number of hydrogen-bond donors (Lipinski definition) is 2. The third-order valence-corrected chi connectivity index (χ3v) is 3.15. The Labute approximate surface area is 121 Å². The van der Waals surface area contributed by atoms with Gasteiger partial charge in [-0.1, -0.05) is 44.2 Å². The third kappa shape index (κ3) is 7.26. The molecule has 0 saturated carbocycles. The van der Waals surface area contributed by atoms with Crippen LogP contribution in [0, 0.1) is 5.92 Å². The molecule has 0 saturated heterocycles. The third-order valence-electron chi connectivity index (χ3n) is 3.15. The second-order valence-corrected chi connectivity index (χ2v) is 5.61. The van der Waals surface area contributed by atoms with Gasteiger partial charge in [0.1, 0.15) is 0 Å². The molecule has 112 valence electrons. The van der Waals surface area contributed by atoms with Crippen LogP contribution in [0.5, 0.6) is 0 Å². The van der Waals surface area contributed by atoms with Gasteiger partial charge in [-0.2, -0.15) is 0 Å². The Kier molecular flexibility index (Phi) is 7.92. The van der Waals surface area contributed by atoms with E-state index >= 15 is 0 Å². The van der Waals surface area contributed by atoms with E-state index in [4.69, 9.17) is 5.21 Å². The maximum atomic E-state index is 11.3. The van der Waals surface area contributed by atoms with Crippen molar-refractivity contribution in [3.63, 3.8) is 0 Å². The zero-order chi connectivity index (χ0) is 14.8. The van der Waals surface area contributed by atoms with E-state index < -0.39 is 0 Å². The number of nitrogens with zero attached hydrogens (tertiary/aromatic N) is 1. The van der Waals surface area contributed by atoms with Gasteiger partial charge in [0, 0.05) is 6.54 Å². The van der Waals surface area contributed by atoms with Gasteiger partial charge in [-0.05, 0) is 37.3 Å². The van der Waals surface area contributed by atoms with E-state index in [1.165, 1.54) is 5.56 Å². The second kappa shape index (κ2) is 9.50. The molecule has 0 bridgehead atoms. The molecule has 0 aromatic heterocycles. The SMILES string of the molecule is CC(C)CN(CCCCc1ccccc1)CC(=O)NO. The predicted molar refractivity (Wildman–Crippen MR) is 80.6 cm³/mol. The van der Waals surface area contributed by atoms with Crippen molar-refractivity contribution >= 4 is 5.91 Å². The summed E-state index contributed by atoms with van der Waals surface area (Å²) in [7, 11) is 0. The van der Waals surface area contributed by atoms with Gasteiger partial charge in [-0.25, -0.2) is 5.48 Å². The summed E-state index contributed by atoms with van der Waals surface area (Å²) in [5, 5.41) is 8.61. The van der Waals surface area contributed by atoms with Crippen molar-refractivity contribution in [1.82, 2.24) is 10.4 Å². The highest BCUT2D eigenvalue weighted by Crippen LogP contribution is 2.06. The molecule has 0 unspecified atom stereocenters. The van der Waals surface area contributed by atoms with Crippen LogP contribution in [0.1, 0.15) is 32.3 Å². The number of amides is 1. The Bertz CT molecular complexity index is 379. The summed E-state index contributed by atoms with van der Waals surface area (Å²) in [6, 6.07) is 10.4. The van der Waals surface area contributed by atoms with Crippen LogP contribution in [0.4, 0.5) is 0 Å². The number of nitrogens with one attached hydrogen (secondary N) is 1. The van der Waals surface area contributed by atoms with Crippen LogP contribution in [0.2, 0.25) is 0 Å². The van der Waals surface area contributed by atoms with Crippen LogP contribution < -0.4 is 5.48 Å². The topological polar surface area (TPSA) is 52.6 Å². The minimum absolute atomic E-state index is 0.264. The molecule has 0 radical (unpaired) electrons. The highest BCUT2D eigenvalue weighted by Gasteiger charge is 2.11. The first-order chi connectivity index (χ1) is 9.61. The first kappa shape index (κ1) is 16.7. The normalized spacial score (nSPS) is 11.1. The standard InChI is InChI=1S/C16H26N2O2/c1-14(2)12-18(13-16(19)17-20)11-7-6-10-15-8-4-3-5-9-15/h3-5,8-9,14,20H,6-7,10-13H2,1-2H3,(H,17,19). The fourth-order valence-electron chi connectivity index (χ4n) is 2.30. The lowest BCUT2D eigenvalue weighted by Gasteiger charge is -2.23. The molecule has 0 fully saturated rings. The summed E-state index contributed by atoms with van der Waals surface area (Å²) < 4.78 is 0. The maximum absolute atomic E-state index is 11.3. The van der Waals surface area contributed by atoms with E-state index in [1.54, 1.807) is 5.48 Å². The van der Waals surface area contributed by atoms with E-state index in [2.05, 4.69) is 43.0 Å². The largest absolute Gasteiger partial charge is 0.294 e. The van der Waals surface area contributed by atoms with Crippen LogP contribution in [-0.4, -0.2) is 35.6 Å². The number of carbonyl (C=O) groups is 1. The number of rotatable bonds is 9. The number of benzene rings is 1. The number of hydroxylamine groups is 1. The first-order valence-electron chi connectivity index (χ1n) is 7.31. The van der Waals surface area contributed by atoms with Gasteiger partial charge >= 0.3 is 0 Å². The van der Waals surface area contributed by atoms with Crippen LogP contribution in [0.25, 0.3) is 0 Å². The molecule has 0 aliphatic heterocycles. The molecule has 1 amide bonds. The maximum Gasteiger partial charge on any atom is 0.257 e. The van der Waals surface area contributed by atoms with Crippen LogP contribution in [0.3, 0.4) is 0 Å². The Morgan fingerprint density at radius 1 is 1.25 bits per heavy atom. The lowest BCUT2D eigenvalue weighted by molar-refractivity contribution is -0.130. The monoisotopic (exact) mass is 278 g/mol. The molecule has 4 heteroatoms. The Morgan fingerprint density at radius 3 is 2.55 bits per heavy atom. The van der Waals surface area contributed by atoms with Crippen LogP contribution in [-0.2, 0) is 11.2 Å².